The molecule has 0 bridgehead atoms. The van der Waals surface area contributed by atoms with Crippen molar-refractivity contribution in [3.05, 3.63) is 66.0 Å². The highest BCUT2D eigenvalue weighted by molar-refractivity contribution is 7.89. The molecular formula is C13H14N2O2S. The standard InChI is InChI=1S/C13H14N2O2S/c1-14-18(16,17)13(11-6-3-2-4-7-11)12-8-5-9-15-10-12/h2-10,13-14H,1H3. The van der Waals surface area contributed by atoms with Gasteiger partial charge in [-0.2, -0.15) is 0 Å². The molecule has 0 saturated carbocycles. The van der Waals surface area contributed by atoms with Gasteiger partial charge in [0.2, 0.25) is 10.0 Å². The second kappa shape index (κ2) is 5.29. The van der Waals surface area contributed by atoms with E-state index in [4.69, 9.17) is 0 Å². The van der Waals surface area contributed by atoms with Crippen molar-refractivity contribution in [2.45, 2.75) is 5.25 Å². The third-order valence-corrected chi connectivity index (χ3v) is 4.42. The molecule has 1 N–H and O–H groups in total. The van der Waals surface area contributed by atoms with Gasteiger partial charge in [-0.3, -0.25) is 4.98 Å². The number of hydrogen-bond donors (Lipinski definition) is 1. The third-order valence-electron chi connectivity index (χ3n) is 2.68. The summed E-state index contributed by atoms with van der Waals surface area (Å²) in [6.45, 7) is 0. The van der Waals surface area contributed by atoms with Gasteiger partial charge in [-0.25, -0.2) is 13.1 Å². The van der Waals surface area contributed by atoms with Gasteiger partial charge in [-0.05, 0) is 24.2 Å². The summed E-state index contributed by atoms with van der Waals surface area (Å²) < 4.78 is 26.7. The van der Waals surface area contributed by atoms with Crippen molar-refractivity contribution in [3.63, 3.8) is 0 Å². The predicted octanol–water partition coefficient (Wildman–Crippen LogP) is 1.72. The molecule has 0 aliphatic heterocycles. The molecule has 0 saturated heterocycles. The summed E-state index contributed by atoms with van der Waals surface area (Å²) in [5, 5.41) is -0.739. The molecule has 2 aromatic rings. The molecule has 2 rings (SSSR count). The number of aromatic nitrogens is 1. The van der Waals surface area contributed by atoms with Gasteiger partial charge in [0, 0.05) is 12.4 Å². The summed E-state index contributed by atoms with van der Waals surface area (Å²) in [7, 11) is -2.04. The zero-order chi connectivity index (χ0) is 13.0. The fourth-order valence-electron chi connectivity index (χ4n) is 1.83. The molecule has 0 fully saturated rings. The summed E-state index contributed by atoms with van der Waals surface area (Å²) in [5.74, 6) is 0. The van der Waals surface area contributed by atoms with Crippen LogP contribution in [0.2, 0.25) is 0 Å². The van der Waals surface area contributed by atoms with E-state index in [1.807, 2.05) is 18.2 Å². The lowest BCUT2D eigenvalue weighted by molar-refractivity contribution is 0.581. The molecule has 18 heavy (non-hydrogen) atoms. The van der Waals surface area contributed by atoms with Crippen LogP contribution >= 0.6 is 0 Å². The Labute approximate surface area is 107 Å². The zero-order valence-electron chi connectivity index (χ0n) is 9.95. The highest BCUT2D eigenvalue weighted by Gasteiger charge is 2.27. The number of sulfonamides is 1. The van der Waals surface area contributed by atoms with Crippen LogP contribution in [0, 0.1) is 0 Å². The Kier molecular flexibility index (Phi) is 3.74. The first kappa shape index (κ1) is 12.7. The summed E-state index contributed by atoms with van der Waals surface area (Å²) in [4.78, 5) is 3.99. The van der Waals surface area contributed by atoms with E-state index in [1.54, 1.807) is 36.7 Å². The molecule has 1 unspecified atom stereocenters. The Hall–Kier alpha value is -1.72. The number of hydrogen-bond acceptors (Lipinski definition) is 3. The highest BCUT2D eigenvalue weighted by Crippen LogP contribution is 2.28. The van der Waals surface area contributed by atoms with Crippen LogP contribution in [0.3, 0.4) is 0 Å². The number of nitrogens with one attached hydrogen (secondary N) is 1. The number of rotatable bonds is 4. The Bertz CT molecular complexity index is 558. The average molecular weight is 262 g/mol. The number of benzene rings is 1. The molecule has 0 spiro atoms. The second-order valence-electron chi connectivity index (χ2n) is 3.83. The monoisotopic (exact) mass is 262 g/mol. The van der Waals surface area contributed by atoms with Gasteiger partial charge in [-0.15, -0.1) is 0 Å². The van der Waals surface area contributed by atoms with Crippen LogP contribution in [-0.2, 0) is 10.0 Å². The molecule has 0 aliphatic rings. The van der Waals surface area contributed by atoms with E-state index in [9.17, 15) is 8.42 Å². The Balaban J connectivity index is 2.56. The minimum Gasteiger partial charge on any atom is -0.264 e. The van der Waals surface area contributed by atoms with E-state index < -0.39 is 15.3 Å². The van der Waals surface area contributed by atoms with Crippen molar-refractivity contribution in [1.82, 2.24) is 9.71 Å². The van der Waals surface area contributed by atoms with Crippen LogP contribution in [0.1, 0.15) is 16.4 Å². The van der Waals surface area contributed by atoms with Gasteiger partial charge < -0.3 is 0 Å². The highest BCUT2D eigenvalue weighted by atomic mass is 32.2. The maximum atomic E-state index is 12.2. The van der Waals surface area contributed by atoms with Crippen molar-refractivity contribution in [2.24, 2.45) is 0 Å². The zero-order valence-corrected chi connectivity index (χ0v) is 10.8. The van der Waals surface area contributed by atoms with Crippen LogP contribution in [0.4, 0.5) is 0 Å². The second-order valence-corrected chi connectivity index (χ2v) is 5.80. The summed E-state index contributed by atoms with van der Waals surface area (Å²) in [6.07, 6.45) is 3.20. The van der Waals surface area contributed by atoms with Gasteiger partial charge in [0.05, 0.1) is 0 Å². The van der Waals surface area contributed by atoms with Crippen LogP contribution in [-0.4, -0.2) is 20.4 Å². The molecule has 1 heterocycles. The summed E-state index contributed by atoms with van der Waals surface area (Å²) >= 11 is 0. The number of nitrogens with zero attached hydrogens (tertiary/aromatic N) is 1. The molecule has 0 radical (unpaired) electrons. The van der Waals surface area contributed by atoms with Crippen LogP contribution in [0.5, 0.6) is 0 Å². The van der Waals surface area contributed by atoms with Gasteiger partial charge in [0.1, 0.15) is 5.25 Å². The van der Waals surface area contributed by atoms with Gasteiger partial charge >= 0.3 is 0 Å². The van der Waals surface area contributed by atoms with E-state index >= 15 is 0 Å². The van der Waals surface area contributed by atoms with Crippen LogP contribution in [0.25, 0.3) is 0 Å². The van der Waals surface area contributed by atoms with Crippen molar-refractivity contribution in [1.29, 1.82) is 0 Å². The van der Waals surface area contributed by atoms with Gasteiger partial charge in [0.15, 0.2) is 0 Å². The predicted molar refractivity (Wildman–Crippen MR) is 70.5 cm³/mol. The fraction of sp³-hybridized carbons (Fsp3) is 0.154. The van der Waals surface area contributed by atoms with Crippen molar-refractivity contribution < 1.29 is 8.42 Å². The molecule has 1 aromatic carbocycles. The first-order chi connectivity index (χ1) is 8.65. The van der Waals surface area contributed by atoms with Crippen LogP contribution < -0.4 is 4.72 Å². The molecule has 0 amide bonds. The maximum absolute atomic E-state index is 12.2. The minimum atomic E-state index is -3.46. The maximum Gasteiger partial charge on any atom is 0.222 e. The van der Waals surface area contributed by atoms with Crippen molar-refractivity contribution in [2.75, 3.05) is 7.05 Å². The largest absolute Gasteiger partial charge is 0.264 e. The molecule has 4 nitrogen and oxygen atoms in total. The van der Waals surface area contributed by atoms with Crippen LogP contribution in [0.15, 0.2) is 54.9 Å². The van der Waals surface area contributed by atoms with E-state index in [2.05, 4.69) is 9.71 Å². The Morgan fingerprint density at radius 3 is 2.28 bits per heavy atom. The summed E-state index contributed by atoms with van der Waals surface area (Å²) in [5.41, 5.74) is 1.37. The van der Waals surface area contributed by atoms with E-state index in [0.717, 1.165) is 5.56 Å². The van der Waals surface area contributed by atoms with E-state index in [-0.39, 0.29) is 0 Å². The smallest absolute Gasteiger partial charge is 0.222 e. The van der Waals surface area contributed by atoms with Gasteiger partial charge in [0.25, 0.3) is 0 Å². The average Bonchev–Trinajstić information content (AvgIpc) is 2.41. The quantitative estimate of drug-likeness (QED) is 0.912. The lowest BCUT2D eigenvalue weighted by Gasteiger charge is -2.17. The number of pyridine rings is 1. The minimum absolute atomic E-state index is 0.651. The lowest BCUT2D eigenvalue weighted by Crippen LogP contribution is -2.26. The normalized spacial score (nSPS) is 13.2. The Morgan fingerprint density at radius 2 is 1.72 bits per heavy atom. The molecule has 1 atom stereocenters. The molecule has 94 valence electrons. The third kappa shape index (κ3) is 2.57. The van der Waals surface area contributed by atoms with Gasteiger partial charge in [-0.1, -0.05) is 36.4 Å². The fourth-order valence-corrected chi connectivity index (χ4v) is 3.08. The summed E-state index contributed by atoms with van der Waals surface area (Å²) in [6, 6.07) is 12.6. The van der Waals surface area contributed by atoms with Crippen molar-refractivity contribution in [3.8, 4) is 0 Å². The first-order valence-corrected chi connectivity index (χ1v) is 7.07. The molecule has 5 heteroatoms. The molecule has 1 aromatic heterocycles. The topological polar surface area (TPSA) is 59.1 Å². The Morgan fingerprint density at radius 1 is 1.06 bits per heavy atom. The SMILES string of the molecule is CNS(=O)(=O)C(c1ccccc1)c1cccnc1. The molecular weight excluding hydrogens is 248 g/mol. The first-order valence-electron chi connectivity index (χ1n) is 5.52. The van der Waals surface area contributed by atoms with E-state index in [0.29, 0.717) is 5.56 Å². The van der Waals surface area contributed by atoms with Crippen molar-refractivity contribution >= 4 is 10.0 Å². The lowest BCUT2D eigenvalue weighted by atomic mass is 10.1. The van der Waals surface area contributed by atoms with E-state index in [1.165, 1.54) is 7.05 Å². The molecule has 0 aliphatic carbocycles.